The lowest BCUT2D eigenvalue weighted by molar-refractivity contribution is 0.0272. The molecule has 19 heavy (non-hydrogen) atoms. The monoisotopic (exact) mass is 263 g/mol. The van der Waals surface area contributed by atoms with Crippen LogP contribution in [0, 0.1) is 5.41 Å². The Kier molecular flexibility index (Phi) is 3.31. The van der Waals surface area contributed by atoms with E-state index >= 15 is 0 Å². The molecule has 0 radical (unpaired) electrons. The Morgan fingerprint density at radius 3 is 2.37 bits per heavy atom. The third kappa shape index (κ3) is 2.10. The zero-order valence-corrected chi connectivity index (χ0v) is 11.6. The molecule has 2 rings (SSSR count). The largest absolute Gasteiger partial charge is 0.465 e. The van der Waals surface area contributed by atoms with Crippen LogP contribution in [0.1, 0.15) is 32.8 Å². The predicted molar refractivity (Wildman–Crippen MR) is 72.9 cm³/mol. The quantitative estimate of drug-likeness (QED) is 0.819. The van der Waals surface area contributed by atoms with Gasteiger partial charge in [-0.2, -0.15) is 0 Å². The van der Waals surface area contributed by atoms with Gasteiger partial charge in [0.2, 0.25) is 0 Å². The van der Waals surface area contributed by atoms with Crippen LogP contribution >= 0.6 is 0 Å². The Balaban J connectivity index is 2.62. The topological polar surface area (TPSA) is 60.8 Å². The number of carboxylic acid groups (broad SMARTS) is 1. The first-order valence-corrected chi connectivity index (χ1v) is 6.53. The van der Waals surface area contributed by atoms with Crippen LogP contribution in [0.15, 0.2) is 30.3 Å². The van der Waals surface area contributed by atoms with Gasteiger partial charge in [-0.3, -0.25) is 4.90 Å². The molecule has 104 valence electrons. The Morgan fingerprint density at radius 1 is 1.32 bits per heavy atom. The molecule has 2 N–H and O–H groups in total. The number of nitrogens with zero attached hydrogens (tertiary/aromatic N) is 1. The highest BCUT2D eigenvalue weighted by Crippen LogP contribution is 2.51. The number of likely N-dealkylation sites (tertiary alicyclic amines) is 1. The van der Waals surface area contributed by atoms with E-state index in [4.69, 9.17) is 0 Å². The summed E-state index contributed by atoms with van der Waals surface area (Å²) in [5.41, 5.74) is -0.0366. The normalized spacial score (nSPS) is 27.6. The second-order valence-electron chi connectivity index (χ2n) is 6.23. The molecule has 4 nitrogen and oxygen atoms in total. The van der Waals surface area contributed by atoms with Crippen molar-refractivity contribution in [2.45, 2.75) is 38.8 Å². The van der Waals surface area contributed by atoms with Gasteiger partial charge in [-0.05, 0) is 11.0 Å². The first-order chi connectivity index (χ1) is 8.79. The van der Waals surface area contributed by atoms with E-state index in [-0.39, 0.29) is 12.0 Å². The van der Waals surface area contributed by atoms with Crippen LogP contribution in [-0.2, 0) is 5.54 Å². The van der Waals surface area contributed by atoms with Crippen molar-refractivity contribution in [2.75, 3.05) is 6.54 Å². The fourth-order valence-electron chi connectivity index (χ4n) is 3.26. The zero-order chi connectivity index (χ0) is 14.3. The van der Waals surface area contributed by atoms with Crippen molar-refractivity contribution in [1.29, 1.82) is 0 Å². The molecule has 1 fully saturated rings. The molecule has 1 heterocycles. The average molecular weight is 263 g/mol. The minimum atomic E-state index is -0.977. The van der Waals surface area contributed by atoms with Crippen LogP contribution in [0.3, 0.4) is 0 Å². The SMILES string of the molecule is CC(C)(C)[C@]1(c2ccccc2)C[C@H](O)CN1C(=O)O. The highest BCUT2D eigenvalue weighted by molar-refractivity contribution is 5.68. The summed E-state index contributed by atoms with van der Waals surface area (Å²) in [6.07, 6.45) is -1.15. The molecule has 4 heteroatoms. The van der Waals surface area contributed by atoms with Gasteiger partial charge in [-0.25, -0.2) is 4.79 Å². The van der Waals surface area contributed by atoms with E-state index in [2.05, 4.69) is 0 Å². The third-order valence-corrected chi connectivity index (χ3v) is 4.11. The molecule has 1 amide bonds. The summed E-state index contributed by atoms with van der Waals surface area (Å²) in [5.74, 6) is 0. The maximum atomic E-state index is 11.6. The predicted octanol–water partition coefficient (Wildman–Crippen LogP) is 2.67. The number of amides is 1. The first-order valence-electron chi connectivity index (χ1n) is 6.53. The number of rotatable bonds is 1. The minimum absolute atomic E-state index is 0.168. The highest BCUT2D eigenvalue weighted by atomic mass is 16.4. The number of hydrogen-bond acceptors (Lipinski definition) is 2. The minimum Gasteiger partial charge on any atom is -0.465 e. The van der Waals surface area contributed by atoms with Gasteiger partial charge < -0.3 is 10.2 Å². The molecular weight excluding hydrogens is 242 g/mol. The van der Waals surface area contributed by atoms with Crippen LogP contribution in [-0.4, -0.2) is 33.9 Å². The van der Waals surface area contributed by atoms with Gasteiger partial charge in [0.05, 0.1) is 18.2 Å². The van der Waals surface area contributed by atoms with E-state index < -0.39 is 17.7 Å². The summed E-state index contributed by atoms with van der Waals surface area (Å²) in [6, 6.07) is 9.62. The second kappa shape index (κ2) is 4.53. The van der Waals surface area contributed by atoms with Crippen LogP contribution in [0.5, 0.6) is 0 Å². The molecule has 2 atom stereocenters. The Bertz CT molecular complexity index is 466. The Hall–Kier alpha value is -1.55. The van der Waals surface area contributed by atoms with E-state index in [9.17, 15) is 15.0 Å². The van der Waals surface area contributed by atoms with Crippen LogP contribution in [0.4, 0.5) is 4.79 Å². The van der Waals surface area contributed by atoms with Gasteiger partial charge in [-0.15, -0.1) is 0 Å². The highest BCUT2D eigenvalue weighted by Gasteiger charge is 2.55. The van der Waals surface area contributed by atoms with Crippen molar-refractivity contribution in [3.05, 3.63) is 35.9 Å². The number of β-amino-alcohol motifs (C(OH)–C–C–N with tert-alkyl or cyclic N) is 1. The number of carbonyl (C=O) groups is 1. The van der Waals surface area contributed by atoms with Crippen molar-refractivity contribution < 1.29 is 15.0 Å². The molecular formula is C15H21NO3. The summed E-state index contributed by atoms with van der Waals surface area (Å²) in [6.45, 7) is 6.23. The number of aliphatic hydroxyl groups is 1. The lowest BCUT2D eigenvalue weighted by Crippen LogP contribution is -2.52. The summed E-state index contributed by atoms with van der Waals surface area (Å²) in [7, 11) is 0. The van der Waals surface area contributed by atoms with E-state index in [0.29, 0.717) is 6.42 Å². The molecule has 1 saturated heterocycles. The molecule has 1 aromatic carbocycles. The molecule has 1 aromatic rings. The summed E-state index contributed by atoms with van der Waals surface area (Å²) < 4.78 is 0. The van der Waals surface area contributed by atoms with Gasteiger partial charge in [-0.1, -0.05) is 51.1 Å². The van der Waals surface area contributed by atoms with Crippen molar-refractivity contribution >= 4 is 6.09 Å². The van der Waals surface area contributed by atoms with Crippen LogP contribution in [0.2, 0.25) is 0 Å². The van der Waals surface area contributed by atoms with E-state index in [1.165, 1.54) is 4.90 Å². The molecule has 0 bridgehead atoms. The molecule has 1 aliphatic heterocycles. The van der Waals surface area contributed by atoms with Gasteiger partial charge in [0.25, 0.3) is 0 Å². The smallest absolute Gasteiger partial charge is 0.408 e. The molecule has 0 aliphatic carbocycles. The molecule has 0 aromatic heterocycles. The Labute approximate surface area is 113 Å². The molecule has 0 unspecified atom stereocenters. The van der Waals surface area contributed by atoms with Crippen molar-refractivity contribution in [1.82, 2.24) is 4.90 Å². The standard InChI is InChI=1S/C15H21NO3/c1-14(2,3)15(11-7-5-4-6-8-11)9-12(17)10-16(15)13(18)19/h4-8,12,17H,9-10H2,1-3H3,(H,18,19)/t12-,15+/m0/s1. The van der Waals surface area contributed by atoms with Gasteiger partial charge >= 0.3 is 6.09 Å². The number of benzene rings is 1. The molecule has 1 aliphatic rings. The van der Waals surface area contributed by atoms with Crippen LogP contribution < -0.4 is 0 Å². The molecule has 0 saturated carbocycles. The van der Waals surface area contributed by atoms with Crippen molar-refractivity contribution in [3.63, 3.8) is 0 Å². The van der Waals surface area contributed by atoms with Crippen molar-refractivity contribution in [3.8, 4) is 0 Å². The van der Waals surface area contributed by atoms with Gasteiger partial charge in [0, 0.05) is 6.42 Å². The maximum absolute atomic E-state index is 11.6. The zero-order valence-electron chi connectivity index (χ0n) is 11.6. The summed E-state index contributed by atoms with van der Waals surface area (Å²) in [5, 5.41) is 19.5. The molecule has 0 spiro atoms. The van der Waals surface area contributed by atoms with Crippen LogP contribution in [0.25, 0.3) is 0 Å². The van der Waals surface area contributed by atoms with E-state index in [1.54, 1.807) is 0 Å². The van der Waals surface area contributed by atoms with Crippen molar-refractivity contribution in [2.24, 2.45) is 5.41 Å². The lowest BCUT2D eigenvalue weighted by Gasteiger charge is -2.47. The lowest BCUT2D eigenvalue weighted by atomic mass is 9.67. The second-order valence-corrected chi connectivity index (χ2v) is 6.23. The Morgan fingerprint density at radius 2 is 1.89 bits per heavy atom. The van der Waals surface area contributed by atoms with Gasteiger partial charge in [0.1, 0.15) is 0 Å². The number of aliphatic hydroxyl groups excluding tert-OH is 1. The fraction of sp³-hybridized carbons (Fsp3) is 0.533. The van der Waals surface area contributed by atoms with E-state index in [1.807, 2.05) is 51.1 Å². The summed E-state index contributed by atoms with van der Waals surface area (Å²) >= 11 is 0. The maximum Gasteiger partial charge on any atom is 0.408 e. The first kappa shape index (κ1) is 13.9. The van der Waals surface area contributed by atoms with E-state index in [0.717, 1.165) is 5.56 Å². The average Bonchev–Trinajstić information content (AvgIpc) is 2.69. The summed E-state index contributed by atoms with van der Waals surface area (Å²) in [4.78, 5) is 13.0. The fourth-order valence-corrected chi connectivity index (χ4v) is 3.26. The van der Waals surface area contributed by atoms with Gasteiger partial charge in [0.15, 0.2) is 0 Å². The third-order valence-electron chi connectivity index (χ3n) is 4.11. The number of hydrogen-bond donors (Lipinski definition) is 2.